The molecule has 0 fully saturated rings. The van der Waals surface area contributed by atoms with Gasteiger partial charge in [0.15, 0.2) is 0 Å². The van der Waals surface area contributed by atoms with E-state index in [0.717, 1.165) is 5.56 Å². The zero-order chi connectivity index (χ0) is 19.6. The molecular weight excluding hydrogens is 374 g/mol. The van der Waals surface area contributed by atoms with Crippen molar-refractivity contribution in [1.82, 2.24) is 10.3 Å². The van der Waals surface area contributed by atoms with Crippen LogP contribution in [0, 0.1) is 11.6 Å². The number of halogens is 3. The lowest BCUT2D eigenvalue weighted by Crippen LogP contribution is -2.35. The number of H-pyrrole nitrogens is 1. The SMILES string of the molecule is C[C@H](CO)NC(=O)CCc1c(-c2ccc(F)cc2)[nH]c2c(F)cc(Cl)cc12. The Morgan fingerprint density at radius 3 is 2.63 bits per heavy atom. The number of amides is 1. The summed E-state index contributed by atoms with van der Waals surface area (Å²) in [5.74, 6) is -1.09. The molecular formula is C20H19ClF2N2O2. The number of carbonyl (C=O) groups is 1. The number of carbonyl (C=O) groups excluding carboxylic acids is 1. The van der Waals surface area contributed by atoms with Crippen LogP contribution < -0.4 is 5.32 Å². The van der Waals surface area contributed by atoms with Crippen LogP contribution in [-0.2, 0) is 11.2 Å². The van der Waals surface area contributed by atoms with Gasteiger partial charge in [-0.25, -0.2) is 8.78 Å². The van der Waals surface area contributed by atoms with Crippen molar-refractivity contribution >= 4 is 28.4 Å². The Labute approximate surface area is 160 Å². The summed E-state index contributed by atoms with van der Waals surface area (Å²) in [5, 5.41) is 12.6. The van der Waals surface area contributed by atoms with E-state index < -0.39 is 5.82 Å². The van der Waals surface area contributed by atoms with E-state index in [9.17, 15) is 13.6 Å². The van der Waals surface area contributed by atoms with Gasteiger partial charge in [0.05, 0.1) is 12.1 Å². The molecule has 0 aliphatic rings. The number of aliphatic hydroxyl groups excluding tert-OH is 1. The summed E-state index contributed by atoms with van der Waals surface area (Å²) in [6, 6.07) is 8.35. The first-order valence-electron chi connectivity index (χ1n) is 8.54. The Kier molecular flexibility index (Phi) is 5.77. The average molecular weight is 393 g/mol. The molecule has 0 saturated heterocycles. The molecule has 1 amide bonds. The van der Waals surface area contributed by atoms with Gasteiger partial charge in [-0.3, -0.25) is 4.79 Å². The van der Waals surface area contributed by atoms with Gasteiger partial charge < -0.3 is 15.4 Å². The highest BCUT2D eigenvalue weighted by molar-refractivity contribution is 6.31. The third kappa shape index (κ3) is 4.28. The summed E-state index contributed by atoms with van der Waals surface area (Å²) >= 11 is 6.01. The van der Waals surface area contributed by atoms with Gasteiger partial charge in [-0.2, -0.15) is 0 Å². The monoisotopic (exact) mass is 392 g/mol. The third-order valence-electron chi connectivity index (χ3n) is 4.35. The lowest BCUT2D eigenvalue weighted by Gasteiger charge is -2.11. The molecule has 7 heteroatoms. The fraction of sp³-hybridized carbons (Fsp3) is 0.250. The largest absolute Gasteiger partial charge is 0.394 e. The van der Waals surface area contributed by atoms with Crippen LogP contribution in [-0.4, -0.2) is 28.6 Å². The molecule has 0 radical (unpaired) electrons. The van der Waals surface area contributed by atoms with Crippen LogP contribution in [0.4, 0.5) is 8.78 Å². The predicted octanol–water partition coefficient (Wildman–Crippen LogP) is 4.20. The van der Waals surface area contributed by atoms with Gasteiger partial charge in [0.1, 0.15) is 11.6 Å². The van der Waals surface area contributed by atoms with E-state index in [2.05, 4.69) is 10.3 Å². The Morgan fingerprint density at radius 2 is 1.96 bits per heavy atom. The topological polar surface area (TPSA) is 65.1 Å². The molecule has 1 heterocycles. The molecule has 2 aromatic carbocycles. The molecule has 0 bridgehead atoms. The van der Waals surface area contributed by atoms with Crippen molar-refractivity contribution in [3.05, 3.63) is 58.6 Å². The Morgan fingerprint density at radius 1 is 1.26 bits per heavy atom. The molecule has 1 aromatic heterocycles. The zero-order valence-corrected chi connectivity index (χ0v) is 15.4. The minimum Gasteiger partial charge on any atom is -0.394 e. The second kappa shape index (κ2) is 8.06. The average Bonchev–Trinajstić information content (AvgIpc) is 2.99. The molecule has 3 aromatic rings. The van der Waals surface area contributed by atoms with Crippen LogP contribution in [0.2, 0.25) is 5.02 Å². The van der Waals surface area contributed by atoms with Gasteiger partial charge in [0.25, 0.3) is 0 Å². The summed E-state index contributed by atoms with van der Waals surface area (Å²) in [7, 11) is 0. The van der Waals surface area contributed by atoms with Crippen LogP contribution in [0.15, 0.2) is 36.4 Å². The second-order valence-corrected chi connectivity index (χ2v) is 6.88. The number of aryl methyl sites for hydroxylation is 1. The number of hydrogen-bond acceptors (Lipinski definition) is 2. The van der Waals surface area contributed by atoms with Crippen molar-refractivity contribution < 1.29 is 18.7 Å². The number of rotatable bonds is 6. The van der Waals surface area contributed by atoms with Gasteiger partial charge in [0, 0.05) is 28.6 Å². The standard InChI is InChI=1S/C20H19ClF2N2O2/c1-11(10-26)24-18(27)7-6-15-16-8-13(21)9-17(23)20(16)25-19(15)12-2-4-14(22)5-3-12/h2-5,8-9,11,25-26H,6-7,10H2,1H3,(H,24,27)/t11-/m1/s1. The van der Waals surface area contributed by atoms with Crippen molar-refractivity contribution in [1.29, 1.82) is 0 Å². The van der Waals surface area contributed by atoms with Crippen LogP contribution >= 0.6 is 11.6 Å². The summed E-state index contributed by atoms with van der Waals surface area (Å²) in [4.78, 5) is 15.1. The van der Waals surface area contributed by atoms with Crippen LogP contribution in [0.5, 0.6) is 0 Å². The number of benzene rings is 2. The minimum atomic E-state index is -0.495. The van der Waals surface area contributed by atoms with Gasteiger partial charge in [0.2, 0.25) is 5.91 Å². The molecule has 3 N–H and O–H groups in total. The summed E-state index contributed by atoms with van der Waals surface area (Å²) in [5.41, 5.74) is 2.32. The fourth-order valence-corrected chi connectivity index (χ4v) is 3.23. The Hall–Kier alpha value is -2.44. The first-order chi connectivity index (χ1) is 12.9. The number of hydrogen-bond donors (Lipinski definition) is 3. The van der Waals surface area contributed by atoms with Crippen LogP contribution in [0.1, 0.15) is 18.9 Å². The van der Waals surface area contributed by atoms with E-state index in [4.69, 9.17) is 16.7 Å². The zero-order valence-electron chi connectivity index (χ0n) is 14.7. The van der Waals surface area contributed by atoms with Gasteiger partial charge >= 0.3 is 0 Å². The third-order valence-corrected chi connectivity index (χ3v) is 4.57. The molecule has 4 nitrogen and oxygen atoms in total. The maximum Gasteiger partial charge on any atom is 0.220 e. The maximum absolute atomic E-state index is 14.4. The first-order valence-corrected chi connectivity index (χ1v) is 8.92. The number of nitrogens with one attached hydrogen (secondary N) is 2. The van der Waals surface area contributed by atoms with Gasteiger partial charge in [-0.05, 0) is 60.9 Å². The molecule has 142 valence electrons. The highest BCUT2D eigenvalue weighted by atomic mass is 35.5. The Balaban J connectivity index is 2.01. The predicted molar refractivity (Wildman–Crippen MR) is 102 cm³/mol. The molecule has 27 heavy (non-hydrogen) atoms. The van der Waals surface area contributed by atoms with Crippen molar-refractivity contribution in [3.63, 3.8) is 0 Å². The van der Waals surface area contributed by atoms with Crippen LogP contribution in [0.25, 0.3) is 22.2 Å². The minimum absolute atomic E-state index is 0.152. The van der Waals surface area contributed by atoms with E-state index in [1.807, 2.05) is 0 Å². The highest BCUT2D eigenvalue weighted by Crippen LogP contribution is 2.34. The number of aromatic amines is 1. The van der Waals surface area contributed by atoms with Crippen molar-refractivity contribution in [2.75, 3.05) is 6.61 Å². The number of fused-ring (bicyclic) bond motifs is 1. The van der Waals surface area contributed by atoms with Crippen molar-refractivity contribution in [2.45, 2.75) is 25.8 Å². The molecule has 0 unspecified atom stereocenters. The summed E-state index contributed by atoms with van der Waals surface area (Å²) in [6.45, 7) is 1.54. The molecule has 0 aliphatic heterocycles. The summed E-state index contributed by atoms with van der Waals surface area (Å²) < 4.78 is 27.6. The quantitative estimate of drug-likeness (QED) is 0.588. The lowest BCUT2D eigenvalue weighted by atomic mass is 10.0. The molecule has 0 aliphatic carbocycles. The van der Waals surface area contributed by atoms with E-state index in [1.54, 1.807) is 25.1 Å². The van der Waals surface area contributed by atoms with Crippen LogP contribution in [0.3, 0.4) is 0 Å². The Bertz CT molecular complexity index is 970. The molecule has 0 saturated carbocycles. The van der Waals surface area contributed by atoms with E-state index in [-0.39, 0.29) is 41.3 Å². The first kappa shape index (κ1) is 19.3. The molecule has 0 spiro atoms. The van der Waals surface area contributed by atoms with E-state index in [1.165, 1.54) is 18.2 Å². The smallest absolute Gasteiger partial charge is 0.220 e. The fourth-order valence-electron chi connectivity index (χ4n) is 3.03. The van der Waals surface area contributed by atoms with E-state index in [0.29, 0.717) is 23.1 Å². The van der Waals surface area contributed by atoms with E-state index >= 15 is 0 Å². The van der Waals surface area contributed by atoms with Crippen molar-refractivity contribution in [3.8, 4) is 11.3 Å². The van der Waals surface area contributed by atoms with Gasteiger partial charge in [-0.1, -0.05) is 11.6 Å². The summed E-state index contributed by atoms with van der Waals surface area (Å²) in [6.07, 6.45) is 0.482. The van der Waals surface area contributed by atoms with Gasteiger partial charge in [-0.15, -0.1) is 0 Å². The molecule has 3 rings (SSSR count). The number of aliphatic hydroxyl groups is 1. The molecule has 1 atom stereocenters. The van der Waals surface area contributed by atoms with Crippen molar-refractivity contribution in [2.24, 2.45) is 0 Å². The number of aromatic nitrogens is 1. The normalized spacial score (nSPS) is 12.3. The maximum atomic E-state index is 14.4. The lowest BCUT2D eigenvalue weighted by molar-refractivity contribution is -0.121. The second-order valence-electron chi connectivity index (χ2n) is 6.45. The highest BCUT2D eigenvalue weighted by Gasteiger charge is 2.18.